The molecule has 0 heterocycles. The highest BCUT2D eigenvalue weighted by atomic mass is 35.5. The molecule has 9 heteroatoms. The molecule has 25 heavy (non-hydrogen) atoms. The van der Waals surface area contributed by atoms with Crippen molar-refractivity contribution in [1.29, 1.82) is 0 Å². The smallest absolute Gasteiger partial charge is 0.265 e. The molecule has 1 atom stereocenters. The third-order valence-electron chi connectivity index (χ3n) is 3.52. The average molecular weight is 441 g/mol. The Bertz CT molecular complexity index is 931. The van der Waals surface area contributed by atoms with E-state index in [0.717, 1.165) is 4.31 Å². The number of sulfonamides is 1. The Morgan fingerprint density at radius 1 is 1.00 bits per heavy atom. The molecule has 0 saturated carbocycles. The van der Waals surface area contributed by atoms with Crippen molar-refractivity contribution in [1.82, 2.24) is 0 Å². The van der Waals surface area contributed by atoms with Gasteiger partial charge in [-0.1, -0.05) is 34.8 Å². The Morgan fingerprint density at radius 3 is 2.12 bits per heavy atom. The van der Waals surface area contributed by atoms with E-state index in [9.17, 15) is 13.2 Å². The molecule has 0 amide bonds. The first-order chi connectivity index (χ1) is 11.6. The molecule has 0 spiro atoms. The summed E-state index contributed by atoms with van der Waals surface area (Å²) >= 11 is 23.4. The highest BCUT2D eigenvalue weighted by molar-refractivity contribution is 7.93. The van der Waals surface area contributed by atoms with Gasteiger partial charge in [-0.05, 0) is 67.4 Å². The van der Waals surface area contributed by atoms with Crippen molar-refractivity contribution in [3.05, 3.63) is 57.0 Å². The number of halogens is 4. The lowest BCUT2D eigenvalue weighted by Crippen LogP contribution is -2.42. The second-order valence-electron chi connectivity index (χ2n) is 5.29. The van der Waals surface area contributed by atoms with Gasteiger partial charge in [0, 0.05) is 5.02 Å². The number of hydrogen-bond acceptors (Lipinski definition) is 3. The fraction of sp³-hybridized carbons (Fsp3) is 0.188. The summed E-state index contributed by atoms with van der Waals surface area (Å²) in [5.74, 6) is 0. The van der Waals surface area contributed by atoms with E-state index in [1.165, 1.54) is 31.2 Å². The van der Waals surface area contributed by atoms with Gasteiger partial charge in [-0.3, -0.25) is 9.10 Å². The van der Waals surface area contributed by atoms with E-state index >= 15 is 0 Å². The first-order valence-corrected chi connectivity index (χ1v) is 9.96. The summed E-state index contributed by atoms with van der Waals surface area (Å²) in [6, 6.07) is 7.38. The van der Waals surface area contributed by atoms with Crippen LogP contribution in [0.1, 0.15) is 12.5 Å². The molecule has 0 bridgehead atoms. The van der Waals surface area contributed by atoms with Crippen LogP contribution in [0.5, 0.6) is 0 Å². The summed E-state index contributed by atoms with van der Waals surface area (Å²) in [5.41, 5.74) is 0.914. The third kappa shape index (κ3) is 4.23. The van der Waals surface area contributed by atoms with Crippen LogP contribution in [-0.2, 0) is 14.8 Å². The Morgan fingerprint density at radius 2 is 1.60 bits per heavy atom. The van der Waals surface area contributed by atoms with Crippen LogP contribution in [-0.4, -0.2) is 19.7 Å². The maximum Gasteiger partial charge on any atom is 0.265 e. The molecule has 2 aromatic rings. The zero-order valence-corrected chi connectivity index (χ0v) is 17.0. The molecule has 0 aliphatic heterocycles. The van der Waals surface area contributed by atoms with Gasteiger partial charge >= 0.3 is 0 Å². The number of carbonyl (C=O) groups is 1. The van der Waals surface area contributed by atoms with Crippen LogP contribution >= 0.6 is 46.4 Å². The zero-order chi connectivity index (χ0) is 18.9. The summed E-state index contributed by atoms with van der Waals surface area (Å²) in [5, 5.41) is -0.0486. The SMILES string of the molecule is Cc1cc(N(C(C)C(=O)Cl)S(=O)(=O)c2ccc(Cl)c(Cl)c2)ccc1Cl. The molecule has 0 N–H and O–H groups in total. The van der Waals surface area contributed by atoms with E-state index in [2.05, 4.69) is 0 Å². The lowest BCUT2D eigenvalue weighted by atomic mass is 10.2. The molecule has 4 nitrogen and oxygen atoms in total. The maximum atomic E-state index is 13.1. The lowest BCUT2D eigenvalue weighted by Gasteiger charge is -2.28. The predicted molar refractivity (Wildman–Crippen MR) is 103 cm³/mol. The van der Waals surface area contributed by atoms with E-state index in [1.807, 2.05) is 0 Å². The van der Waals surface area contributed by atoms with Gasteiger partial charge in [-0.2, -0.15) is 0 Å². The predicted octanol–water partition coefficient (Wildman–Crippen LogP) is 5.30. The zero-order valence-electron chi connectivity index (χ0n) is 13.1. The average Bonchev–Trinajstić information content (AvgIpc) is 2.53. The van der Waals surface area contributed by atoms with Gasteiger partial charge in [-0.25, -0.2) is 8.42 Å². The van der Waals surface area contributed by atoms with Gasteiger partial charge < -0.3 is 0 Å². The van der Waals surface area contributed by atoms with E-state index in [0.29, 0.717) is 10.6 Å². The van der Waals surface area contributed by atoms with Crippen molar-refractivity contribution in [2.45, 2.75) is 24.8 Å². The van der Waals surface area contributed by atoms with Crippen molar-refractivity contribution in [3.63, 3.8) is 0 Å². The van der Waals surface area contributed by atoms with Crippen molar-refractivity contribution in [2.75, 3.05) is 4.31 Å². The van der Waals surface area contributed by atoms with Crippen LogP contribution in [0, 0.1) is 6.92 Å². The highest BCUT2D eigenvalue weighted by Gasteiger charge is 2.33. The minimum absolute atomic E-state index is 0.0832. The minimum atomic E-state index is -4.13. The molecule has 2 rings (SSSR count). The summed E-state index contributed by atoms with van der Waals surface area (Å²) in [4.78, 5) is 11.6. The fourth-order valence-electron chi connectivity index (χ4n) is 2.18. The quantitative estimate of drug-likeness (QED) is 0.592. The van der Waals surface area contributed by atoms with Crippen LogP contribution in [0.4, 0.5) is 5.69 Å². The summed E-state index contributed by atoms with van der Waals surface area (Å²) in [6.07, 6.45) is 0. The first kappa shape index (κ1) is 20.3. The molecule has 2 aromatic carbocycles. The van der Waals surface area contributed by atoms with Crippen LogP contribution in [0.2, 0.25) is 15.1 Å². The topological polar surface area (TPSA) is 54.5 Å². The third-order valence-corrected chi connectivity index (χ3v) is 6.90. The van der Waals surface area contributed by atoms with Crippen LogP contribution in [0.25, 0.3) is 0 Å². The van der Waals surface area contributed by atoms with Crippen LogP contribution < -0.4 is 4.31 Å². The summed E-state index contributed by atoms with van der Waals surface area (Å²) in [6.45, 7) is 3.12. The number of hydrogen-bond donors (Lipinski definition) is 0. The minimum Gasteiger partial charge on any atom is -0.279 e. The molecule has 0 aliphatic carbocycles. The molecular formula is C16H13Cl4NO3S. The number of anilines is 1. The Kier molecular flexibility index (Phi) is 6.28. The van der Waals surface area contributed by atoms with E-state index < -0.39 is 21.3 Å². The molecule has 0 aliphatic rings. The number of carbonyl (C=O) groups excluding carboxylic acids is 1. The maximum absolute atomic E-state index is 13.1. The monoisotopic (exact) mass is 439 g/mol. The summed E-state index contributed by atoms with van der Waals surface area (Å²) < 4.78 is 27.2. The highest BCUT2D eigenvalue weighted by Crippen LogP contribution is 2.32. The van der Waals surface area contributed by atoms with Crippen molar-refractivity contribution in [2.24, 2.45) is 0 Å². The van der Waals surface area contributed by atoms with Gasteiger partial charge in [0.2, 0.25) is 5.24 Å². The van der Waals surface area contributed by atoms with Crippen molar-refractivity contribution in [3.8, 4) is 0 Å². The van der Waals surface area contributed by atoms with Gasteiger partial charge in [0.15, 0.2) is 0 Å². The molecule has 134 valence electrons. The molecule has 1 unspecified atom stereocenters. The van der Waals surface area contributed by atoms with Gasteiger partial charge in [0.25, 0.3) is 10.0 Å². The van der Waals surface area contributed by atoms with Gasteiger partial charge in [-0.15, -0.1) is 0 Å². The number of aryl methyl sites for hydroxylation is 1. The number of rotatable bonds is 5. The molecule has 0 saturated heterocycles. The second kappa shape index (κ2) is 7.72. The van der Waals surface area contributed by atoms with E-state index in [1.54, 1.807) is 19.1 Å². The molecule has 0 aromatic heterocycles. The van der Waals surface area contributed by atoms with Crippen LogP contribution in [0.15, 0.2) is 41.3 Å². The number of benzene rings is 2. The first-order valence-electron chi connectivity index (χ1n) is 7.00. The van der Waals surface area contributed by atoms with Gasteiger partial charge in [0.1, 0.15) is 6.04 Å². The van der Waals surface area contributed by atoms with Crippen molar-refractivity contribution >= 4 is 67.4 Å². The Labute approximate surface area is 166 Å². The molecular weight excluding hydrogens is 428 g/mol. The second-order valence-corrected chi connectivity index (χ2v) is 8.70. The Hall–Kier alpha value is -0.980. The number of nitrogens with zero attached hydrogens (tertiary/aromatic N) is 1. The summed E-state index contributed by atoms with van der Waals surface area (Å²) in [7, 11) is -4.13. The van der Waals surface area contributed by atoms with Gasteiger partial charge in [0.05, 0.1) is 20.6 Å². The fourth-order valence-corrected chi connectivity index (χ4v) is 4.45. The Balaban J connectivity index is 2.67. The van der Waals surface area contributed by atoms with Crippen molar-refractivity contribution < 1.29 is 13.2 Å². The largest absolute Gasteiger partial charge is 0.279 e. The molecule has 0 fully saturated rings. The van der Waals surface area contributed by atoms with E-state index in [4.69, 9.17) is 46.4 Å². The van der Waals surface area contributed by atoms with E-state index in [-0.39, 0.29) is 20.6 Å². The standard InChI is InChI=1S/C16H13Cl4NO3S/c1-9-7-11(3-5-13(9)17)21(10(2)16(20)22)25(23,24)12-4-6-14(18)15(19)8-12/h3-8,10H,1-2H3. The normalized spacial score (nSPS) is 12.7. The van der Waals surface area contributed by atoms with Crippen LogP contribution in [0.3, 0.4) is 0 Å². The lowest BCUT2D eigenvalue weighted by molar-refractivity contribution is -0.112. The molecule has 0 radical (unpaired) electrons.